The minimum absolute atomic E-state index is 0.0804. The molecule has 2 aromatic rings. The summed E-state index contributed by atoms with van der Waals surface area (Å²) in [6.07, 6.45) is 0.0804. The minimum atomic E-state index is -1.03. The number of para-hydroxylation sites is 1. The molecule has 0 fully saturated rings. The van der Waals surface area contributed by atoms with E-state index >= 15 is 0 Å². The molecule has 0 saturated heterocycles. The minimum Gasteiger partial charge on any atom is -0.480 e. The van der Waals surface area contributed by atoms with Gasteiger partial charge in [-0.2, -0.15) is 5.10 Å². The molecule has 106 valence electrons. The van der Waals surface area contributed by atoms with Crippen LogP contribution in [0, 0.1) is 5.92 Å². The summed E-state index contributed by atoms with van der Waals surface area (Å²) in [6.45, 7) is 3.51. The van der Waals surface area contributed by atoms with Crippen molar-refractivity contribution in [2.45, 2.75) is 26.3 Å². The van der Waals surface area contributed by atoms with Gasteiger partial charge >= 0.3 is 5.97 Å². The van der Waals surface area contributed by atoms with Gasteiger partial charge in [0.05, 0.1) is 17.6 Å². The number of carbonyl (C=O) groups excluding carboxylic acids is 1. The number of benzene rings is 1. The molecule has 0 bridgehead atoms. The van der Waals surface area contributed by atoms with Crippen molar-refractivity contribution in [1.29, 1.82) is 0 Å². The molecular weight excluding hydrogens is 258 g/mol. The molecule has 1 heterocycles. The van der Waals surface area contributed by atoms with Crippen molar-refractivity contribution in [1.82, 2.24) is 15.5 Å². The Bertz CT molecular complexity index is 633. The Morgan fingerprint density at radius 1 is 1.35 bits per heavy atom. The van der Waals surface area contributed by atoms with Crippen LogP contribution in [0.4, 0.5) is 0 Å². The van der Waals surface area contributed by atoms with Gasteiger partial charge in [-0.05, 0) is 12.0 Å². The van der Waals surface area contributed by atoms with Crippen LogP contribution in [-0.2, 0) is 16.0 Å². The van der Waals surface area contributed by atoms with Crippen LogP contribution in [0.3, 0.4) is 0 Å². The van der Waals surface area contributed by atoms with E-state index in [1.165, 1.54) is 0 Å². The SMILES string of the molecule is CC(C)[C@H](NC(=O)Cc1[nH]nc2ccccc12)C(=O)O. The molecule has 0 spiro atoms. The summed E-state index contributed by atoms with van der Waals surface area (Å²) in [4.78, 5) is 23.0. The predicted octanol–water partition coefficient (Wildman–Crippen LogP) is 1.33. The van der Waals surface area contributed by atoms with Gasteiger partial charge in [-0.1, -0.05) is 32.0 Å². The molecule has 6 heteroatoms. The zero-order valence-electron chi connectivity index (χ0n) is 11.4. The number of carbonyl (C=O) groups is 2. The van der Waals surface area contributed by atoms with Crippen LogP contribution in [0.5, 0.6) is 0 Å². The molecule has 1 amide bonds. The molecule has 2 rings (SSSR count). The molecule has 1 aromatic heterocycles. The summed E-state index contributed by atoms with van der Waals surface area (Å²) in [5.41, 5.74) is 1.47. The third kappa shape index (κ3) is 2.96. The topological polar surface area (TPSA) is 95.1 Å². The van der Waals surface area contributed by atoms with Crippen molar-refractivity contribution in [3.8, 4) is 0 Å². The summed E-state index contributed by atoms with van der Waals surface area (Å²) < 4.78 is 0. The van der Waals surface area contributed by atoms with Gasteiger partial charge in [0.15, 0.2) is 0 Å². The average Bonchev–Trinajstić information content (AvgIpc) is 2.79. The number of nitrogens with one attached hydrogen (secondary N) is 2. The zero-order valence-corrected chi connectivity index (χ0v) is 11.4. The van der Waals surface area contributed by atoms with Crippen molar-refractivity contribution < 1.29 is 14.7 Å². The van der Waals surface area contributed by atoms with Crippen molar-refractivity contribution in [3.63, 3.8) is 0 Å². The van der Waals surface area contributed by atoms with E-state index in [1.807, 2.05) is 24.3 Å². The van der Waals surface area contributed by atoms with E-state index in [0.29, 0.717) is 5.69 Å². The highest BCUT2D eigenvalue weighted by molar-refractivity contribution is 5.89. The number of rotatable bonds is 5. The number of H-pyrrole nitrogens is 1. The van der Waals surface area contributed by atoms with Crippen LogP contribution in [0.1, 0.15) is 19.5 Å². The number of hydrogen-bond acceptors (Lipinski definition) is 3. The number of hydrogen-bond donors (Lipinski definition) is 3. The summed E-state index contributed by atoms with van der Waals surface area (Å²) in [5.74, 6) is -1.53. The lowest BCUT2D eigenvalue weighted by molar-refractivity contribution is -0.143. The fourth-order valence-corrected chi connectivity index (χ4v) is 2.05. The van der Waals surface area contributed by atoms with Crippen molar-refractivity contribution >= 4 is 22.8 Å². The number of nitrogens with zero attached hydrogens (tertiary/aromatic N) is 1. The second-order valence-electron chi connectivity index (χ2n) is 5.02. The summed E-state index contributed by atoms with van der Waals surface area (Å²) in [6, 6.07) is 6.58. The highest BCUT2D eigenvalue weighted by atomic mass is 16.4. The monoisotopic (exact) mass is 275 g/mol. The number of aliphatic carboxylic acids is 1. The lowest BCUT2D eigenvalue weighted by Crippen LogP contribution is -2.44. The molecule has 1 atom stereocenters. The molecule has 0 aliphatic carbocycles. The molecule has 6 nitrogen and oxygen atoms in total. The normalized spacial score (nSPS) is 12.6. The van der Waals surface area contributed by atoms with Crippen molar-refractivity contribution in [3.05, 3.63) is 30.0 Å². The van der Waals surface area contributed by atoms with Crippen LogP contribution in [0.15, 0.2) is 24.3 Å². The van der Waals surface area contributed by atoms with Gasteiger partial charge in [-0.15, -0.1) is 0 Å². The standard InChI is InChI=1S/C14H17N3O3/c1-8(2)13(14(19)20)15-12(18)7-11-9-5-3-4-6-10(9)16-17-11/h3-6,8,13H,7H2,1-2H3,(H,15,18)(H,16,17)(H,19,20)/t13-/m0/s1. The van der Waals surface area contributed by atoms with Crippen molar-refractivity contribution in [2.75, 3.05) is 0 Å². The number of fused-ring (bicyclic) bond motifs is 1. The van der Waals surface area contributed by atoms with Crippen LogP contribution in [0.2, 0.25) is 0 Å². The van der Waals surface area contributed by atoms with Crippen LogP contribution >= 0.6 is 0 Å². The smallest absolute Gasteiger partial charge is 0.326 e. The maximum Gasteiger partial charge on any atom is 0.326 e. The van der Waals surface area contributed by atoms with Gasteiger partial charge in [0.2, 0.25) is 5.91 Å². The van der Waals surface area contributed by atoms with Gasteiger partial charge < -0.3 is 10.4 Å². The van der Waals surface area contributed by atoms with Gasteiger partial charge in [0.25, 0.3) is 0 Å². The Morgan fingerprint density at radius 3 is 2.70 bits per heavy atom. The fourth-order valence-electron chi connectivity index (χ4n) is 2.05. The maximum atomic E-state index is 12.0. The Labute approximate surface area is 116 Å². The predicted molar refractivity (Wildman–Crippen MR) is 74.2 cm³/mol. The van der Waals surface area contributed by atoms with Crippen LogP contribution in [0.25, 0.3) is 10.9 Å². The quantitative estimate of drug-likeness (QED) is 0.767. The number of aromatic nitrogens is 2. The first kappa shape index (κ1) is 14.0. The number of carboxylic acid groups (broad SMARTS) is 1. The molecule has 0 unspecified atom stereocenters. The molecule has 1 aromatic carbocycles. The molecule has 0 aliphatic rings. The van der Waals surface area contributed by atoms with E-state index in [4.69, 9.17) is 5.11 Å². The van der Waals surface area contributed by atoms with E-state index in [1.54, 1.807) is 13.8 Å². The fraction of sp³-hybridized carbons (Fsp3) is 0.357. The second kappa shape index (κ2) is 5.73. The van der Waals surface area contributed by atoms with Crippen LogP contribution in [-0.4, -0.2) is 33.2 Å². The first-order chi connectivity index (χ1) is 9.49. The Hall–Kier alpha value is -2.37. The Balaban J connectivity index is 2.10. The maximum absolute atomic E-state index is 12.0. The van der Waals surface area contributed by atoms with E-state index in [0.717, 1.165) is 10.9 Å². The highest BCUT2D eigenvalue weighted by Crippen LogP contribution is 2.15. The Kier molecular flexibility index (Phi) is 4.02. The van der Waals surface area contributed by atoms with E-state index in [9.17, 15) is 9.59 Å². The molecule has 3 N–H and O–H groups in total. The third-order valence-electron chi connectivity index (χ3n) is 3.13. The average molecular weight is 275 g/mol. The summed E-state index contributed by atoms with van der Waals surface area (Å²) in [7, 11) is 0. The first-order valence-electron chi connectivity index (χ1n) is 6.43. The third-order valence-corrected chi connectivity index (χ3v) is 3.13. The largest absolute Gasteiger partial charge is 0.480 e. The molecular formula is C14H17N3O3. The molecule has 0 aliphatic heterocycles. The number of carboxylic acids is 1. The number of aromatic amines is 1. The molecule has 0 radical (unpaired) electrons. The van der Waals surface area contributed by atoms with E-state index in [2.05, 4.69) is 15.5 Å². The van der Waals surface area contributed by atoms with Gasteiger partial charge in [-0.25, -0.2) is 4.79 Å². The number of amides is 1. The van der Waals surface area contributed by atoms with Crippen LogP contribution < -0.4 is 5.32 Å². The molecule has 0 saturated carbocycles. The van der Waals surface area contributed by atoms with Gasteiger partial charge in [0, 0.05) is 5.39 Å². The zero-order chi connectivity index (χ0) is 14.7. The summed E-state index contributed by atoms with van der Waals surface area (Å²) in [5, 5.41) is 19.4. The summed E-state index contributed by atoms with van der Waals surface area (Å²) >= 11 is 0. The van der Waals surface area contributed by atoms with Gasteiger partial charge in [0.1, 0.15) is 6.04 Å². The highest BCUT2D eigenvalue weighted by Gasteiger charge is 2.23. The Morgan fingerprint density at radius 2 is 2.05 bits per heavy atom. The van der Waals surface area contributed by atoms with E-state index < -0.39 is 12.0 Å². The lowest BCUT2D eigenvalue weighted by atomic mass is 10.0. The lowest BCUT2D eigenvalue weighted by Gasteiger charge is -2.17. The van der Waals surface area contributed by atoms with Crippen molar-refractivity contribution in [2.24, 2.45) is 5.92 Å². The molecule has 20 heavy (non-hydrogen) atoms. The van der Waals surface area contributed by atoms with E-state index in [-0.39, 0.29) is 18.2 Å². The van der Waals surface area contributed by atoms with Gasteiger partial charge in [-0.3, -0.25) is 9.89 Å². The first-order valence-corrected chi connectivity index (χ1v) is 6.43. The second-order valence-corrected chi connectivity index (χ2v) is 5.02.